The Labute approximate surface area is 134 Å². The second-order valence-corrected chi connectivity index (χ2v) is 5.82. The van der Waals surface area contributed by atoms with Crippen LogP contribution in [0.3, 0.4) is 0 Å². The molecule has 0 spiro atoms. The van der Waals surface area contributed by atoms with E-state index >= 15 is 0 Å². The van der Waals surface area contributed by atoms with Crippen molar-refractivity contribution in [1.29, 1.82) is 0 Å². The SMILES string of the molecule is C[C@@H](NC(=S)NCC[NH+]1CCOCC1)c1ccc(F)c(F)c1. The van der Waals surface area contributed by atoms with Crippen LogP contribution in [0.25, 0.3) is 0 Å². The zero-order valence-electron chi connectivity index (χ0n) is 12.6. The third kappa shape index (κ3) is 5.15. The summed E-state index contributed by atoms with van der Waals surface area (Å²) >= 11 is 5.23. The molecule has 1 aromatic rings. The number of hydrogen-bond donors (Lipinski definition) is 3. The maximum absolute atomic E-state index is 13.2. The third-order valence-corrected chi connectivity index (χ3v) is 4.02. The average molecular weight is 330 g/mol. The summed E-state index contributed by atoms with van der Waals surface area (Å²) in [6.07, 6.45) is 0. The molecule has 22 heavy (non-hydrogen) atoms. The van der Waals surface area contributed by atoms with Gasteiger partial charge in [0.15, 0.2) is 16.7 Å². The Morgan fingerprint density at radius 1 is 1.32 bits per heavy atom. The molecule has 1 aliphatic rings. The van der Waals surface area contributed by atoms with Gasteiger partial charge in [0.05, 0.1) is 32.3 Å². The zero-order chi connectivity index (χ0) is 15.9. The van der Waals surface area contributed by atoms with Gasteiger partial charge in [0.25, 0.3) is 0 Å². The van der Waals surface area contributed by atoms with E-state index < -0.39 is 11.6 Å². The van der Waals surface area contributed by atoms with E-state index in [2.05, 4.69) is 10.6 Å². The van der Waals surface area contributed by atoms with Gasteiger partial charge >= 0.3 is 0 Å². The van der Waals surface area contributed by atoms with Crippen LogP contribution in [-0.2, 0) is 4.74 Å². The van der Waals surface area contributed by atoms with Crippen molar-refractivity contribution in [3.63, 3.8) is 0 Å². The van der Waals surface area contributed by atoms with Crippen molar-refractivity contribution in [1.82, 2.24) is 10.6 Å². The highest BCUT2D eigenvalue weighted by Gasteiger charge is 2.14. The predicted molar refractivity (Wildman–Crippen MR) is 84.9 cm³/mol. The first kappa shape index (κ1) is 17.1. The number of ether oxygens (including phenoxy) is 1. The third-order valence-electron chi connectivity index (χ3n) is 3.76. The molecule has 0 saturated carbocycles. The summed E-state index contributed by atoms with van der Waals surface area (Å²) in [5.74, 6) is -1.69. The van der Waals surface area contributed by atoms with E-state index in [9.17, 15) is 8.78 Å². The maximum Gasteiger partial charge on any atom is 0.166 e. The highest BCUT2D eigenvalue weighted by molar-refractivity contribution is 7.80. The molecule has 0 aromatic heterocycles. The number of halogens is 2. The molecule has 0 amide bonds. The standard InChI is InChI=1S/C15H21F2N3OS/c1-11(12-2-3-13(16)14(17)10-12)19-15(22)18-4-5-20-6-8-21-9-7-20/h2-3,10-11H,4-9H2,1H3,(H2,18,19,22)/p+1/t11-/m1/s1. The summed E-state index contributed by atoms with van der Waals surface area (Å²) in [7, 11) is 0. The topological polar surface area (TPSA) is 37.7 Å². The molecule has 0 aliphatic carbocycles. The number of benzene rings is 1. The first-order chi connectivity index (χ1) is 10.6. The van der Waals surface area contributed by atoms with Crippen molar-refractivity contribution in [3.05, 3.63) is 35.4 Å². The molecule has 1 aromatic carbocycles. The molecule has 2 rings (SSSR count). The Morgan fingerprint density at radius 3 is 2.73 bits per heavy atom. The lowest BCUT2D eigenvalue weighted by atomic mass is 10.1. The van der Waals surface area contributed by atoms with E-state index in [1.54, 1.807) is 6.07 Å². The van der Waals surface area contributed by atoms with E-state index in [0.29, 0.717) is 10.7 Å². The Bertz CT molecular complexity index is 510. The van der Waals surface area contributed by atoms with E-state index in [1.165, 1.54) is 11.0 Å². The van der Waals surface area contributed by atoms with Gasteiger partial charge in [-0.3, -0.25) is 0 Å². The van der Waals surface area contributed by atoms with Gasteiger partial charge in [0, 0.05) is 0 Å². The van der Waals surface area contributed by atoms with Crippen molar-refractivity contribution < 1.29 is 18.4 Å². The fraction of sp³-hybridized carbons (Fsp3) is 0.533. The second kappa shape index (κ2) is 8.36. The summed E-state index contributed by atoms with van der Waals surface area (Å²) in [5.41, 5.74) is 0.654. The number of thiocarbonyl (C=S) groups is 1. The second-order valence-electron chi connectivity index (χ2n) is 5.41. The zero-order valence-corrected chi connectivity index (χ0v) is 13.4. The van der Waals surface area contributed by atoms with Crippen LogP contribution in [0, 0.1) is 11.6 Å². The fourth-order valence-electron chi connectivity index (χ4n) is 2.38. The molecule has 7 heteroatoms. The molecule has 0 radical (unpaired) electrons. The van der Waals surface area contributed by atoms with E-state index in [-0.39, 0.29) is 6.04 Å². The van der Waals surface area contributed by atoms with Crippen molar-refractivity contribution >= 4 is 17.3 Å². The normalized spacial score (nSPS) is 17.0. The summed E-state index contributed by atoms with van der Waals surface area (Å²) < 4.78 is 31.5. The van der Waals surface area contributed by atoms with Gasteiger partial charge in [-0.2, -0.15) is 0 Å². The Balaban J connectivity index is 1.72. The fourth-order valence-corrected chi connectivity index (χ4v) is 2.65. The van der Waals surface area contributed by atoms with Gasteiger partial charge in [0.2, 0.25) is 0 Å². The number of quaternary nitrogens is 1. The smallest absolute Gasteiger partial charge is 0.166 e. The molecular weight excluding hydrogens is 308 g/mol. The van der Waals surface area contributed by atoms with Crippen LogP contribution in [0.5, 0.6) is 0 Å². The first-order valence-corrected chi connectivity index (χ1v) is 7.87. The van der Waals surface area contributed by atoms with Crippen LogP contribution in [-0.4, -0.2) is 44.5 Å². The summed E-state index contributed by atoms with van der Waals surface area (Å²) in [4.78, 5) is 1.50. The van der Waals surface area contributed by atoms with E-state index in [0.717, 1.165) is 45.5 Å². The molecular formula is C15H22F2N3OS+. The molecule has 0 unspecified atom stereocenters. The molecule has 1 saturated heterocycles. The van der Waals surface area contributed by atoms with Gasteiger partial charge < -0.3 is 20.3 Å². The minimum atomic E-state index is -0.846. The van der Waals surface area contributed by atoms with Gasteiger partial charge in [-0.15, -0.1) is 0 Å². The quantitative estimate of drug-likeness (QED) is 0.684. The molecule has 1 aliphatic heterocycles. The summed E-state index contributed by atoms with van der Waals surface area (Å²) in [6.45, 7) is 7.26. The lowest BCUT2D eigenvalue weighted by Crippen LogP contribution is -3.14. The highest BCUT2D eigenvalue weighted by atomic mass is 32.1. The summed E-state index contributed by atoms with van der Waals surface area (Å²) in [6, 6.07) is 3.68. The van der Waals surface area contributed by atoms with Gasteiger partial charge in [0.1, 0.15) is 13.1 Å². The van der Waals surface area contributed by atoms with Crippen molar-refractivity contribution in [2.75, 3.05) is 39.4 Å². The number of rotatable bonds is 5. The van der Waals surface area contributed by atoms with E-state index in [4.69, 9.17) is 17.0 Å². The largest absolute Gasteiger partial charge is 0.370 e. The van der Waals surface area contributed by atoms with Crippen LogP contribution in [0.15, 0.2) is 18.2 Å². The minimum Gasteiger partial charge on any atom is -0.370 e. The van der Waals surface area contributed by atoms with Crippen LogP contribution in [0.1, 0.15) is 18.5 Å². The average Bonchev–Trinajstić information content (AvgIpc) is 2.51. The lowest BCUT2D eigenvalue weighted by molar-refractivity contribution is -0.906. The van der Waals surface area contributed by atoms with Crippen LogP contribution < -0.4 is 15.5 Å². The van der Waals surface area contributed by atoms with Crippen LogP contribution in [0.2, 0.25) is 0 Å². The summed E-state index contributed by atoms with van der Waals surface area (Å²) in [5, 5.41) is 6.74. The Morgan fingerprint density at radius 2 is 2.05 bits per heavy atom. The molecule has 1 atom stereocenters. The lowest BCUT2D eigenvalue weighted by Gasteiger charge is -2.24. The van der Waals surface area contributed by atoms with Crippen molar-refractivity contribution in [2.45, 2.75) is 13.0 Å². The number of morpholine rings is 1. The molecule has 1 fully saturated rings. The van der Waals surface area contributed by atoms with Gasteiger partial charge in [-0.25, -0.2) is 8.78 Å². The molecule has 1 heterocycles. The Hall–Kier alpha value is -1.31. The highest BCUT2D eigenvalue weighted by Crippen LogP contribution is 2.15. The molecule has 122 valence electrons. The monoisotopic (exact) mass is 330 g/mol. The first-order valence-electron chi connectivity index (χ1n) is 7.47. The van der Waals surface area contributed by atoms with E-state index in [1.807, 2.05) is 6.92 Å². The molecule has 3 N–H and O–H groups in total. The number of hydrogen-bond acceptors (Lipinski definition) is 2. The van der Waals surface area contributed by atoms with Gasteiger partial charge in [-0.05, 0) is 36.8 Å². The maximum atomic E-state index is 13.2. The molecule has 0 bridgehead atoms. The van der Waals surface area contributed by atoms with Crippen molar-refractivity contribution in [3.8, 4) is 0 Å². The predicted octanol–water partition coefficient (Wildman–Crippen LogP) is 0.405. The van der Waals surface area contributed by atoms with Gasteiger partial charge in [-0.1, -0.05) is 6.07 Å². The Kier molecular flexibility index (Phi) is 6.48. The number of nitrogens with one attached hydrogen (secondary N) is 3. The van der Waals surface area contributed by atoms with Crippen LogP contribution >= 0.6 is 12.2 Å². The minimum absolute atomic E-state index is 0.189. The molecule has 4 nitrogen and oxygen atoms in total. The van der Waals surface area contributed by atoms with Crippen LogP contribution in [0.4, 0.5) is 8.78 Å². The van der Waals surface area contributed by atoms with Crippen molar-refractivity contribution in [2.24, 2.45) is 0 Å².